The first kappa shape index (κ1) is 15.0. The van der Waals surface area contributed by atoms with Crippen molar-refractivity contribution in [3.8, 4) is 5.75 Å². The van der Waals surface area contributed by atoms with Crippen LogP contribution < -0.4 is 4.74 Å². The zero-order chi connectivity index (χ0) is 14.4. The second-order valence-corrected chi connectivity index (χ2v) is 4.37. The molecule has 0 aliphatic rings. The van der Waals surface area contributed by atoms with Gasteiger partial charge < -0.3 is 14.7 Å². The van der Waals surface area contributed by atoms with Crippen molar-refractivity contribution in [2.24, 2.45) is 0 Å². The smallest absolute Gasteiger partial charge is 0.326 e. The van der Waals surface area contributed by atoms with Crippen LogP contribution in [0.1, 0.15) is 18.9 Å². The zero-order valence-corrected chi connectivity index (χ0v) is 11.4. The van der Waals surface area contributed by atoms with Crippen molar-refractivity contribution in [2.45, 2.75) is 25.8 Å². The van der Waals surface area contributed by atoms with Crippen LogP contribution in [-0.4, -0.2) is 42.1 Å². The third-order valence-corrected chi connectivity index (χ3v) is 3.12. The van der Waals surface area contributed by atoms with Gasteiger partial charge in [0.05, 0.1) is 7.11 Å². The molecule has 1 rings (SSSR count). The van der Waals surface area contributed by atoms with Gasteiger partial charge in [0.15, 0.2) is 0 Å². The van der Waals surface area contributed by atoms with E-state index in [1.807, 2.05) is 24.3 Å². The minimum Gasteiger partial charge on any atom is -0.497 e. The van der Waals surface area contributed by atoms with Gasteiger partial charge in [-0.2, -0.15) is 0 Å². The summed E-state index contributed by atoms with van der Waals surface area (Å²) in [6.45, 7) is 1.49. The lowest BCUT2D eigenvalue weighted by Crippen LogP contribution is -2.40. The Bertz CT molecular complexity index is 441. The lowest BCUT2D eigenvalue weighted by Gasteiger charge is -2.21. The molecule has 1 amide bonds. The molecular weight excluding hydrogens is 246 g/mol. The molecule has 0 spiro atoms. The average molecular weight is 265 g/mol. The number of nitrogens with zero attached hydrogens (tertiary/aromatic N) is 1. The van der Waals surface area contributed by atoms with E-state index in [1.54, 1.807) is 7.11 Å². The number of aryl methyl sites for hydroxylation is 1. The van der Waals surface area contributed by atoms with Crippen LogP contribution >= 0.6 is 0 Å². The summed E-state index contributed by atoms with van der Waals surface area (Å²) in [6, 6.07) is 6.66. The summed E-state index contributed by atoms with van der Waals surface area (Å²) in [5, 5.41) is 8.84. The van der Waals surface area contributed by atoms with Crippen LogP contribution in [0.2, 0.25) is 0 Å². The van der Waals surface area contributed by atoms with Crippen LogP contribution in [0.5, 0.6) is 5.75 Å². The summed E-state index contributed by atoms with van der Waals surface area (Å²) in [7, 11) is 3.11. The summed E-state index contributed by atoms with van der Waals surface area (Å²) in [6.07, 6.45) is 0.875. The fraction of sp³-hybridized carbons (Fsp3) is 0.429. The lowest BCUT2D eigenvalue weighted by atomic mass is 10.1. The Labute approximate surface area is 112 Å². The number of rotatable bonds is 6. The highest BCUT2D eigenvalue weighted by Crippen LogP contribution is 2.13. The third-order valence-electron chi connectivity index (χ3n) is 3.12. The van der Waals surface area contributed by atoms with Crippen LogP contribution in [0, 0.1) is 0 Å². The van der Waals surface area contributed by atoms with E-state index < -0.39 is 12.0 Å². The monoisotopic (exact) mass is 265 g/mol. The Morgan fingerprint density at radius 3 is 2.37 bits per heavy atom. The van der Waals surface area contributed by atoms with Gasteiger partial charge in [-0.15, -0.1) is 0 Å². The van der Waals surface area contributed by atoms with Gasteiger partial charge in [-0.25, -0.2) is 4.79 Å². The summed E-state index contributed by atoms with van der Waals surface area (Å²) in [5.74, 6) is -0.405. The molecule has 1 aromatic rings. The maximum absolute atomic E-state index is 11.8. The minimum absolute atomic E-state index is 0.175. The maximum atomic E-state index is 11.8. The van der Waals surface area contributed by atoms with E-state index in [0.29, 0.717) is 12.8 Å². The molecule has 5 heteroatoms. The van der Waals surface area contributed by atoms with Gasteiger partial charge >= 0.3 is 5.97 Å². The molecule has 0 aliphatic heterocycles. The highest BCUT2D eigenvalue weighted by Gasteiger charge is 2.21. The van der Waals surface area contributed by atoms with Gasteiger partial charge in [0.25, 0.3) is 0 Å². The van der Waals surface area contributed by atoms with Crippen LogP contribution in [0.15, 0.2) is 24.3 Å². The Balaban J connectivity index is 2.51. The lowest BCUT2D eigenvalue weighted by molar-refractivity contribution is -0.148. The van der Waals surface area contributed by atoms with Crippen LogP contribution in [0.4, 0.5) is 0 Å². The topological polar surface area (TPSA) is 66.8 Å². The van der Waals surface area contributed by atoms with Crippen molar-refractivity contribution < 1.29 is 19.4 Å². The van der Waals surface area contributed by atoms with E-state index in [9.17, 15) is 9.59 Å². The first-order valence-corrected chi connectivity index (χ1v) is 6.07. The normalized spacial score (nSPS) is 11.7. The molecule has 0 saturated carbocycles. The third kappa shape index (κ3) is 4.28. The van der Waals surface area contributed by atoms with Crippen molar-refractivity contribution in [1.82, 2.24) is 4.90 Å². The molecule has 0 aromatic heterocycles. The number of hydrogen-bond donors (Lipinski definition) is 1. The number of methoxy groups -OCH3 is 1. The fourth-order valence-electron chi connectivity index (χ4n) is 1.60. The number of carboxylic acid groups (broad SMARTS) is 1. The number of benzene rings is 1. The molecular formula is C14H19NO4. The molecule has 104 valence electrons. The Kier molecular flexibility index (Phi) is 5.36. The van der Waals surface area contributed by atoms with Gasteiger partial charge in [-0.05, 0) is 31.0 Å². The molecule has 1 atom stereocenters. The van der Waals surface area contributed by atoms with Gasteiger partial charge in [0, 0.05) is 13.5 Å². The van der Waals surface area contributed by atoms with E-state index in [1.165, 1.54) is 18.9 Å². The average Bonchev–Trinajstić information content (AvgIpc) is 2.43. The van der Waals surface area contributed by atoms with Crippen LogP contribution in [0.25, 0.3) is 0 Å². The number of carbonyl (C=O) groups is 2. The quantitative estimate of drug-likeness (QED) is 0.847. The Morgan fingerprint density at radius 1 is 1.32 bits per heavy atom. The van der Waals surface area contributed by atoms with Gasteiger partial charge in [0.2, 0.25) is 5.91 Å². The standard InChI is InChI=1S/C14H19NO4/c1-10(14(17)18)15(2)13(16)9-6-11-4-7-12(19-3)8-5-11/h4-5,7-8,10H,6,9H2,1-3H3,(H,17,18). The number of ether oxygens (including phenoxy) is 1. The highest BCUT2D eigenvalue weighted by molar-refractivity contribution is 5.83. The molecule has 0 bridgehead atoms. The SMILES string of the molecule is COc1ccc(CCC(=O)N(C)C(C)C(=O)O)cc1. The first-order chi connectivity index (χ1) is 8.95. The molecule has 19 heavy (non-hydrogen) atoms. The van der Waals surface area contributed by atoms with E-state index in [4.69, 9.17) is 9.84 Å². The second-order valence-electron chi connectivity index (χ2n) is 4.37. The molecule has 1 aromatic carbocycles. The summed E-state index contributed by atoms with van der Waals surface area (Å²) in [5.41, 5.74) is 1.02. The minimum atomic E-state index is -1.000. The number of aliphatic carboxylic acids is 1. The van der Waals surface area contributed by atoms with Gasteiger partial charge in [-0.3, -0.25) is 4.79 Å². The molecule has 0 heterocycles. The molecule has 0 saturated heterocycles. The summed E-state index contributed by atoms with van der Waals surface area (Å²) in [4.78, 5) is 23.9. The first-order valence-electron chi connectivity index (χ1n) is 6.07. The zero-order valence-electron chi connectivity index (χ0n) is 11.4. The van der Waals surface area contributed by atoms with Crippen molar-refractivity contribution in [3.63, 3.8) is 0 Å². The molecule has 1 N–H and O–H groups in total. The van der Waals surface area contributed by atoms with Crippen molar-refractivity contribution in [1.29, 1.82) is 0 Å². The molecule has 0 fully saturated rings. The Morgan fingerprint density at radius 2 is 1.89 bits per heavy atom. The fourth-order valence-corrected chi connectivity index (χ4v) is 1.60. The van der Waals surface area contributed by atoms with Crippen molar-refractivity contribution in [3.05, 3.63) is 29.8 Å². The predicted molar refractivity (Wildman–Crippen MR) is 71.2 cm³/mol. The van der Waals surface area contributed by atoms with Crippen molar-refractivity contribution >= 4 is 11.9 Å². The van der Waals surface area contributed by atoms with Gasteiger partial charge in [-0.1, -0.05) is 12.1 Å². The Hall–Kier alpha value is -2.04. The molecule has 5 nitrogen and oxygen atoms in total. The molecule has 1 unspecified atom stereocenters. The van der Waals surface area contributed by atoms with E-state index in [2.05, 4.69) is 0 Å². The number of carboxylic acids is 1. The van der Waals surface area contributed by atoms with Crippen molar-refractivity contribution in [2.75, 3.05) is 14.2 Å². The molecule has 0 aliphatic carbocycles. The van der Waals surface area contributed by atoms with Crippen LogP contribution in [0.3, 0.4) is 0 Å². The number of amides is 1. The largest absolute Gasteiger partial charge is 0.497 e. The number of likely N-dealkylation sites (N-methyl/N-ethyl adjacent to an activating group) is 1. The number of carbonyl (C=O) groups excluding carboxylic acids is 1. The van der Waals surface area contributed by atoms with E-state index >= 15 is 0 Å². The van der Waals surface area contributed by atoms with E-state index in [0.717, 1.165) is 11.3 Å². The predicted octanol–water partition coefficient (Wildman–Crippen LogP) is 1.56. The summed E-state index contributed by atoms with van der Waals surface area (Å²) >= 11 is 0. The highest BCUT2D eigenvalue weighted by atomic mass is 16.5. The van der Waals surface area contributed by atoms with Crippen LogP contribution in [-0.2, 0) is 16.0 Å². The number of hydrogen-bond acceptors (Lipinski definition) is 3. The van der Waals surface area contributed by atoms with Gasteiger partial charge in [0.1, 0.15) is 11.8 Å². The second kappa shape index (κ2) is 6.78. The summed E-state index contributed by atoms with van der Waals surface area (Å²) < 4.78 is 5.05. The maximum Gasteiger partial charge on any atom is 0.326 e. The van der Waals surface area contributed by atoms with E-state index in [-0.39, 0.29) is 5.91 Å². The molecule has 0 radical (unpaired) electrons.